The molecule has 1 aliphatic rings. The molecule has 0 radical (unpaired) electrons. The maximum Gasteiger partial charge on any atom is 0.329 e. The summed E-state index contributed by atoms with van der Waals surface area (Å²) < 4.78 is 4.80. The number of hydrogen-bond donors (Lipinski definition) is 3. The Labute approximate surface area is 125 Å². The van der Waals surface area contributed by atoms with Crippen molar-refractivity contribution in [2.75, 3.05) is 25.1 Å². The highest BCUT2D eigenvalue weighted by Gasteiger charge is 2.29. The Morgan fingerprint density at radius 3 is 2.76 bits per heavy atom. The molecule has 1 aromatic heterocycles. The third kappa shape index (κ3) is 5.16. The van der Waals surface area contributed by atoms with E-state index in [1.807, 2.05) is 0 Å². The van der Waals surface area contributed by atoms with E-state index in [0.29, 0.717) is 9.88 Å². The molecule has 1 fully saturated rings. The van der Waals surface area contributed by atoms with Gasteiger partial charge in [0.15, 0.2) is 0 Å². The van der Waals surface area contributed by atoms with Crippen LogP contribution in [0.3, 0.4) is 0 Å². The van der Waals surface area contributed by atoms with Crippen LogP contribution in [0.25, 0.3) is 0 Å². The molecule has 0 spiro atoms. The number of carboxylic acid groups (broad SMARTS) is 1. The zero-order chi connectivity index (χ0) is 15.2. The predicted molar refractivity (Wildman–Crippen MR) is 76.5 cm³/mol. The summed E-state index contributed by atoms with van der Waals surface area (Å²) in [4.78, 5) is 34.1. The molecule has 21 heavy (non-hydrogen) atoms. The Balaban J connectivity index is 1.71. The van der Waals surface area contributed by atoms with Gasteiger partial charge >= 0.3 is 5.97 Å². The Bertz CT molecular complexity index is 538. The van der Waals surface area contributed by atoms with Crippen LogP contribution in [0.1, 0.15) is 22.5 Å². The standard InChI is InChI=1S/C13H16N2O5S/c16-11(17)7-20-6-5-14-13(19)9-3-4-10(21-9)15-12(18)8-1-2-8/h3-4,8H,1-2,5-7H2,(H,14,19)(H,15,18)(H,16,17). The molecule has 0 aromatic carbocycles. The van der Waals surface area contributed by atoms with Gasteiger partial charge in [-0.05, 0) is 25.0 Å². The van der Waals surface area contributed by atoms with Crippen molar-refractivity contribution < 1.29 is 24.2 Å². The molecule has 0 saturated heterocycles. The zero-order valence-electron chi connectivity index (χ0n) is 11.3. The topological polar surface area (TPSA) is 105 Å². The van der Waals surface area contributed by atoms with Crippen molar-refractivity contribution in [2.24, 2.45) is 5.92 Å². The van der Waals surface area contributed by atoms with Crippen molar-refractivity contribution in [3.63, 3.8) is 0 Å². The number of thiophene rings is 1. The fourth-order valence-corrected chi connectivity index (χ4v) is 2.41. The van der Waals surface area contributed by atoms with Gasteiger partial charge in [0, 0.05) is 12.5 Å². The molecule has 114 valence electrons. The van der Waals surface area contributed by atoms with Crippen LogP contribution < -0.4 is 10.6 Å². The van der Waals surface area contributed by atoms with E-state index in [-0.39, 0.29) is 37.5 Å². The SMILES string of the molecule is O=C(O)COCCNC(=O)c1ccc(NC(=O)C2CC2)s1. The average Bonchev–Trinajstić information content (AvgIpc) is 3.18. The van der Waals surface area contributed by atoms with Gasteiger partial charge in [-0.1, -0.05) is 0 Å². The second-order valence-corrected chi connectivity index (χ2v) is 5.71. The summed E-state index contributed by atoms with van der Waals surface area (Å²) in [5.41, 5.74) is 0. The quantitative estimate of drug-likeness (QED) is 0.619. The number of hydrogen-bond acceptors (Lipinski definition) is 5. The minimum Gasteiger partial charge on any atom is -0.480 e. The third-order valence-corrected chi connectivity index (χ3v) is 3.78. The van der Waals surface area contributed by atoms with Gasteiger partial charge in [0.1, 0.15) is 6.61 Å². The highest BCUT2D eigenvalue weighted by atomic mass is 32.1. The summed E-state index contributed by atoms with van der Waals surface area (Å²) >= 11 is 1.20. The second-order valence-electron chi connectivity index (χ2n) is 4.63. The Hall–Kier alpha value is -1.93. The first-order chi connectivity index (χ1) is 10.1. The molecule has 1 aliphatic carbocycles. The Kier molecular flexibility index (Phi) is 5.29. The first-order valence-corrected chi connectivity index (χ1v) is 7.36. The van der Waals surface area contributed by atoms with Crippen LogP contribution in [-0.2, 0) is 14.3 Å². The van der Waals surface area contributed by atoms with Crippen LogP contribution in [0.5, 0.6) is 0 Å². The summed E-state index contributed by atoms with van der Waals surface area (Å²) in [6.07, 6.45) is 1.86. The molecule has 2 rings (SSSR count). The van der Waals surface area contributed by atoms with Crippen molar-refractivity contribution in [1.29, 1.82) is 0 Å². The van der Waals surface area contributed by atoms with E-state index in [2.05, 4.69) is 10.6 Å². The van der Waals surface area contributed by atoms with E-state index < -0.39 is 5.97 Å². The maximum atomic E-state index is 11.8. The van der Waals surface area contributed by atoms with Crippen LogP contribution in [0, 0.1) is 5.92 Å². The predicted octanol–water partition coefficient (Wildman–Crippen LogP) is 0.928. The van der Waals surface area contributed by atoms with E-state index >= 15 is 0 Å². The first-order valence-electron chi connectivity index (χ1n) is 6.54. The lowest BCUT2D eigenvalue weighted by atomic mass is 10.4. The smallest absolute Gasteiger partial charge is 0.329 e. The van der Waals surface area contributed by atoms with Crippen LogP contribution in [0.2, 0.25) is 0 Å². The van der Waals surface area contributed by atoms with Crippen molar-refractivity contribution >= 4 is 34.1 Å². The van der Waals surface area contributed by atoms with Gasteiger partial charge in [0.25, 0.3) is 5.91 Å². The minimum atomic E-state index is -1.05. The highest BCUT2D eigenvalue weighted by molar-refractivity contribution is 7.18. The van der Waals surface area contributed by atoms with E-state index in [4.69, 9.17) is 9.84 Å². The van der Waals surface area contributed by atoms with Gasteiger partial charge < -0.3 is 20.5 Å². The molecule has 7 nitrogen and oxygen atoms in total. The van der Waals surface area contributed by atoms with E-state index in [1.54, 1.807) is 12.1 Å². The van der Waals surface area contributed by atoms with Crippen LogP contribution in [-0.4, -0.2) is 42.6 Å². The molecular weight excluding hydrogens is 296 g/mol. The fourth-order valence-electron chi connectivity index (χ4n) is 1.58. The van der Waals surface area contributed by atoms with E-state index in [9.17, 15) is 14.4 Å². The number of ether oxygens (including phenoxy) is 1. The molecule has 2 amide bonds. The molecule has 0 unspecified atom stereocenters. The van der Waals surface area contributed by atoms with Crippen molar-refractivity contribution in [3.05, 3.63) is 17.0 Å². The van der Waals surface area contributed by atoms with Crippen LogP contribution in [0.4, 0.5) is 5.00 Å². The summed E-state index contributed by atoms with van der Waals surface area (Å²) in [7, 11) is 0. The number of nitrogens with one attached hydrogen (secondary N) is 2. The average molecular weight is 312 g/mol. The molecule has 0 aliphatic heterocycles. The van der Waals surface area contributed by atoms with Crippen molar-refractivity contribution in [2.45, 2.75) is 12.8 Å². The molecule has 0 bridgehead atoms. The molecule has 8 heteroatoms. The lowest BCUT2D eigenvalue weighted by Gasteiger charge is -2.03. The zero-order valence-corrected chi connectivity index (χ0v) is 12.1. The second kappa shape index (κ2) is 7.19. The van der Waals surface area contributed by atoms with E-state index in [1.165, 1.54) is 11.3 Å². The molecule has 0 atom stereocenters. The third-order valence-electron chi connectivity index (χ3n) is 2.78. The summed E-state index contributed by atoms with van der Waals surface area (Å²) in [6, 6.07) is 3.33. The first kappa shape index (κ1) is 15.5. The van der Waals surface area contributed by atoms with Crippen molar-refractivity contribution in [1.82, 2.24) is 5.32 Å². The monoisotopic (exact) mass is 312 g/mol. The Morgan fingerprint density at radius 2 is 2.10 bits per heavy atom. The number of anilines is 1. The number of aliphatic carboxylic acids is 1. The molecule has 1 aromatic rings. The summed E-state index contributed by atoms with van der Waals surface area (Å²) in [6.45, 7) is -0.0192. The lowest BCUT2D eigenvalue weighted by molar-refractivity contribution is -0.142. The van der Waals surface area contributed by atoms with Crippen molar-refractivity contribution in [3.8, 4) is 0 Å². The molecule has 1 heterocycles. The van der Waals surface area contributed by atoms with E-state index in [0.717, 1.165) is 12.8 Å². The fraction of sp³-hybridized carbons (Fsp3) is 0.462. The van der Waals surface area contributed by atoms with Gasteiger partial charge in [0.2, 0.25) is 5.91 Å². The normalized spacial score (nSPS) is 13.7. The number of amides is 2. The maximum absolute atomic E-state index is 11.8. The van der Waals surface area contributed by atoms with Gasteiger partial charge in [-0.15, -0.1) is 11.3 Å². The Morgan fingerprint density at radius 1 is 1.33 bits per heavy atom. The van der Waals surface area contributed by atoms with Gasteiger partial charge in [-0.3, -0.25) is 9.59 Å². The lowest BCUT2D eigenvalue weighted by Crippen LogP contribution is -2.27. The largest absolute Gasteiger partial charge is 0.480 e. The number of rotatable bonds is 8. The van der Waals surface area contributed by atoms with Gasteiger partial charge in [-0.25, -0.2) is 4.79 Å². The highest BCUT2D eigenvalue weighted by Crippen LogP contribution is 2.31. The number of carboxylic acids is 1. The minimum absolute atomic E-state index is 0.00544. The molecular formula is C13H16N2O5S. The van der Waals surface area contributed by atoms with Gasteiger partial charge in [-0.2, -0.15) is 0 Å². The van der Waals surface area contributed by atoms with Gasteiger partial charge in [0.05, 0.1) is 16.5 Å². The molecule has 3 N–H and O–H groups in total. The number of carbonyl (C=O) groups is 3. The summed E-state index contributed by atoms with van der Waals surface area (Å²) in [5, 5.41) is 14.4. The van der Waals surface area contributed by atoms with Crippen LogP contribution in [0.15, 0.2) is 12.1 Å². The molecule has 1 saturated carbocycles. The summed E-state index contributed by atoms with van der Waals surface area (Å²) in [5.74, 6) is -1.19. The van der Waals surface area contributed by atoms with Crippen LogP contribution >= 0.6 is 11.3 Å². The number of carbonyl (C=O) groups excluding carboxylic acids is 2.